The van der Waals surface area contributed by atoms with E-state index in [1.165, 1.54) is 19.3 Å². The molecule has 6 nitrogen and oxygen atoms in total. The summed E-state index contributed by atoms with van der Waals surface area (Å²) >= 11 is 0. The average molecular weight is 282 g/mol. The van der Waals surface area contributed by atoms with Gasteiger partial charge in [-0.1, -0.05) is 31.8 Å². The van der Waals surface area contributed by atoms with Gasteiger partial charge >= 0.3 is 6.01 Å². The molecule has 6 heteroatoms. The Hall–Kier alpha value is -1.14. The van der Waals surface area contributed by atoms with Crippen LogP contribution in [0.3, 0.4) is 0 Å². The van der Waals surface area contributed by atoms with Gasteiger partial charge in [0.1, 0.15) is 0 Å². The zero-order valence-corrected chi connectivity index (χ0v) is 12.7. The van der Waals surface area contributed by atoms with Crippen molar-refractivity contribution in [3.05, 3.63) is 5.89 Å². The van der Waals surface area contributed by atoms with Crippen LogP contribution in [0.1, 0.15) is 39.0 Å². The highest BCUT2D eigenvalue weighted by Crippen LogP contribution is 2.31. The number of hydrogen-bond acceptors (Lipinski definition) is 6. The molecular weight excluding hydrogens is 256 g/mol. The van der Waals surface area contributed by atoms with E-state index >= 15 is 0 Å². The van der Waals surface area contributed by atoms with Crippen LogP contribution >= 0.6 is 0 Å². The molecule has 1 aromatic heterocycles. The third-order valence-electron chi connectivity index (χ3n) is 4.24. The van der Waals surface area contributed by atoms with Crippen molar-refractivity contribution in [1.29, 1.82) is 0 Å². The molecule has 0 amide bonds. The second kappa shape index (κ2) is 7.59. The monoisotopic (exact) mass is 282 g/mol. The topological polar surface area (TPSA) is 72.2 Å². The van der Waals surface area contributed by atoms with Crippen molar-refractivity contribution in [3.63, 3.8) is 0 Å². The van der Waals surface area contributed by atoms with Gasteiger partial charge in [-0.15, -0.1) is 5.10 Å². The van der Waals surface area contributed by atoms with Gasteiger partial charge in [0, 0.05) is 19.7 Å². The third kappa shape index (κ3) is 4.18. The van der Waals surface area contributed by atoms with Crippen molar-refractivity contribution < 1.29 is 9.15 Å². The summed E-state index contributed by atoms with van der Waals surface area (Å²) in [7, 11) is 1.68. The van der Waals surface area contributed by atoms with Crippen LogP contribution < -0.4 is 10.6 Å². The van der Waals surface area contributed by atoms with E-state index in [0.717, 1.165) is 12.5 Å². The van der Waals surface area contributed by atoms with Crippen molar-refractivity contribution in [1.82, 2.24) is 15.5 Å². The van der Waals surface area contributed by atoms with Crippen molar-refractivity contribution in [3.8, 4) is 0 Å². The van der Waals surface area contributed by atoms with Crippen LogP contribution in [0.25, 0.3) is 0 Å². The van der Waals surface area contributed by atoms with Crippen LogP contribution in [-0.2, 0) is 11.3 Å². The molecule has 1 fully saturated rings. The van der Waals surface area contributed by atoms with Crippen molar-refractivity contribution >= 4 is 6.01 Å². The molecule has 3 unspecified atom stereocenters. The summed E-state index contributed by atoms with van der Waals surface area (Å²) in [5.74, 6) is 2.00. The molecule has 0 radical (unpaired) electrons. The molecule has 1 heterocycles. The Kier molecular flexibility index (Phi) is 5.79. The molecule has 2 rings (SSSR count). The molecule has 2 N–H and O–H groups in total. The Morgan fingerprint density at radius 3 is 2.95 bits per heavy atom. The Bertz CT molecular complexity index is 396. The van der Waals surface area contributed by atoms with E-state index in [2.05, 4.69) is 34.7 Å². The maximum atomic E-state index is 5.61. The Morgan fingerprint density at radius 2 is 2.15 bits per heavy atom. The SMILES string of the molecule is COCCNCc1nnc(NC2CCCC(C)C2C)o1. The number of ether oxygens (including phenoxy) is 1. The molecule has 114 valence electrons. The fourth-order valence-electron chi connectivity index (χ4n) is 2.70. The van der Waals surface area contributed by atoms with Gasteiger partial charge in [-0.25, -0.2) is 0 Å². The number of hydrogen-bond donors (Lipinski definition) is 2. The third-order valence-corrected chi connectivity index (χ3v) is 4.24. The van der Waals surface area contributed by atoms with E-state index in [4.69, 9.17) is 9.15 Å². The van der Waals surface area contributed by atoms with E-state index < -0.39 is 0 Å². The first kappa shape index (κ1) is 15.3. The number of rotatable bonds is 7. The molecule has 1 aliphatic carbocycles. The summed E-state index contributed by atoms with van der Waals surface area (Å²) in [6.07, 6.45) is 3.76. The Morgan fingerprint density at radius 1 is 1.30 bits per heavy atom. The molecule has 0 aliphatic heterocycles. The lowest BCUT2D eigenvalue weighted by Crippen LogP contribution is -2.35. The van der Waals surface area contributed by atoms with Gasteiger partial charge in [0.25, 0.3) is 0 Å². The highest BCUT2D eigenvalue weighted by molar-refractivity contribution is 5.20. The molecule has 0 bridgehead atoms. The molecule has 0 saturated heterocycles. The van der Waals surface area contributed by atoms with Crippen molar-refractivity contribution in [2.75, 3.05) is 25.6 Å². The molecule has 0 aromatic carbocycles. The summed E-state index contributed by atoms with van der Waals surface area (Å²) in [5.41, 5.74) is 0. The summed E-state index contributed by atoms with van der Waals surface area (Å²) in [4.78, 5) is 0. The summed E-state index contributed by atoms with van der Waals surface area (Å²) in [5, 5.41) is 14.7. The molecule has 1 saturated carbocycles. The minimum Gasteiger partial charge on any atom is -0.407 e. The fraction of sp³-hybridized carbons (Fsp3) is 0.857. The second-order valence-corrected chi connectivity index (χ2v) is 5.69. The minimum absolute atomic E-state index is 0.438. The highest BCUT2D eigenvalue weighted by Gasteiger charge is 2.28. The maximum absolute atomic E-state index is 5.61. The Balaban J connectivity index is 1.80. The molecule has 3 atom stereocenters. The predicted molar refractivity (Wildman–Crippen MR) is 77.5 cm³/mol. The van der Waals surface area contributed by atoms with Gasteiger partial charge in [0.2, 0.25) is 5.89 Å². The van der Waals surface area contributed by atoms with Gasteiger partial charge < -0.3 is 19.8 Å². The van der Waals surface area contributed by atoms with Gasteiger partial charge in [0.05, 0.1) is 13.2 Å². The van der Waals surface area contributed by atoms with Crippen LogP contribution in [-0.4, -0.2) is 36.5 Å². The van der Waals surface area contributed by atoms with E-state index in [1.54, 1.807) is 7.11 Å². The highest BCUT2D eigenvalue weighted by atomic mass is 16.5. The first-order valence-corrected chi connectivity index (χ1v) is 7.49. The molecular formula is C14H26N4O2. The molecule has 0 spiro atoms. The minimum atomic E-state index is 0.438. The first-order valence-electron chi connectivity index (χ1n) is 7.49. The molecule has 1 aromatic rings. The fourth-order valence-corrected chi connectivity index (χ4v) is 2.70. The summed E-state index contributed by atoms with van der Waals surface area (Å²) in [6.45, 7) is 6.65. The number of aromatic nitrogens is 2. The number of methoxy groups -OCH3 is 1. The summed E-state index contributed by atoms with van der Waals surface area (Å²) < 4.78 is 10.6. The maximum Gasteiger partial charge on any atom is 0.315 e. The van der Waals surface area contributed by atoms with Crippen molar-refractivity contribution in [2.24, 2.45) is 11.8 Å². The van der Waals surface area contributed by atoms with Crippen LogP contribution in [0.4, 0.5) is 6.01 Å². The van der Waals surface area contributed by atoms with Crippen LogP contribution in [0, 0.1) is 11.8 Å². The lowest BCUT2D eigenvalue weighted by molar-refractivity contribution is 0.198. The van der Waals surface area contributed by atoms with Gasteiger partial charge in [-0.3, -0.25) is 0 Å². The largest absolute Gasteiger partial charge is 0.407 e. The molecule has 1 aliphatic rings. The lowest BCUT2D eigenvalue weighted by atomic mass is 9.78. The van der Waals surface area contributed by atoms with E-state index in [9.17, 15) is 0 Å². The zero-order chi connectivity index (χ0) is 14.4. The normalized spacial score (nSPS) is 26.6. The van der Waals surface area contributed by atoms with Crippen LogP contribution in [0.15, 0.2) is 4.42 Å². The standard InChI is InChI=1S/C14H26N4O2/c1-10-5-4-6-12(11(10)2)16-14-18-17-13(20-14)9-15-7-8-19-3/h10-12,15H,4-9H2,1-3H3,(H,16,18). The lowest BCUT2D eigenvalue weighted by Gasteiger charge is -2.33. The summed E-state index contributed by atoms with van der Waals surface area (Å²) in [6, 6.07) is 0.980. The predicted octanol–water partition coefficient (Wildman–Crippen LogP) is 2.04. The van der Waals surface area contributed by atoms with Crippen LogP contribution in [0.2, 0.25) is 0 Å². The smallest absolute Gasteiger partial charge is 0.315 e. The van der Waals surface area contributed by atoms with Gasteiger partial charge in [-0.05, 0) is 18.3 Å². The van der Waals surface area contributed by atoms with Crippen LogP contribution in [0.5, 0.6) is 0 Å². The second-order valence-electron chi connectivity index (χ2n) is 5.69. The van der Waals surface area contributed by atoms with Crippen molar-refractivity contribution in [2.45, 2.75) is 45.7 Å². The molecule has 20 heavy (non-hydrogen) atoms. The first-order chi connectivity index (χ1) is 9.70. The number of anilines is 1. The number of nitrogens with zero attached hydrogens (tertiary/aromatic N) is 2. The van der Waals surface area contributed by atoms with Gasteiger partial charge in [-0.2, -0.15) is 0 Å². The van der Waals surface area contributed by atoms with Gasteiger partial charge in [0.15, 0.2) is 0 Å². The Labute approximate surface area is 120 Å². The van der Waals surface area contributed by atoms with E-state index in [-0.39, 0.29) is 0 Å². The zero-order valence-electron chi connectivity index (χ0n) is 12.7. The number of nitrogens with one attached hydrogen (secondary N) is 2. The van der Waals surface area contributed by atoms with E-state index in [1.807, 2.05) is 0 Å². The van der Waals surface area contributed by atoms with E-state index in [0.29, 0.717) is 37.0 Å². The average Bonchev–Trinajstić information content (AvgIpc) is 2.88. The quantitative estimate of drug-likeness (QED) is 0.746.